The van der Waals surface area contributed by atoms with E-state index in [2.05, 4.69) is 42.6 Å². The van der Waals surface area contributed by atoms with E-state index >= 15 is 0 Å². The third kappa shape index (κ3) is 4.79. The maximum atomic E-state index is 12.4. The summed E-state index contributed by atoms with van der Waals surface area (Å²) in [7, 11) is 0. The van der Waals surface area contributed by atoms with Gasteiger partial charge >= 0.3 is 0 Å². The van der Waals surface area contributed by atoms with E-state index in [9.17, 15) is 4.79 Å². The molecule has 2 heterocycles. The monoisotopic (exact) mass is 333 g/mol. The highest BCUT2D eigenvalue weighted by molar-refractivity contribution is 5.79. The smallest absolute Gasteiger partial charge is 0.278 e. The first kappa shape index (κ1) is 17.4. The van der Waals surface area contributed by atoms with Gasteiger partial charge in [-0.15, -0.1) is 0 Å². The van der Waals surface area contributed by atoms with Crippen LogP contribution in [0.1, 0.15) is 25.3 Å². The topological polar surface area (TPSA) is 47.2 Å². The van der Waals surface area contributed by atoms with Gasteiger partial charge in [0.25, 0.3) is 5.91 Å². The van der Waals surface area contributed by atoms with Crippen LogP contribution in [0.4, 0.5) is 0 Å². The van der Waals surface area contributed by atoms with E-state index in [4.69, 9.17) is 4.74 Å². The summed E-state index contributed by atoms with van der Waals surface area (Å²) in [5, 5.41) is 3.08. The first-order chi connectivity index (χ1) is 11.7. The van der Waals surface area contributed by atoms with E-state index in [0.717, 1.165) is 52.2 Å². The number of benzene rings is 1. The van der Waals surface area contributed by atoms with Gasteiger partial charge in [0.1, 0.15) is 32.7 Å². The molecule has 24 heavy (non-hydrogen) atoms. The number of carbonyl (C=O) groups is 1. The number of piperazine rings is 1. The molecule has 2 aliphatic rings. The van der Waals surface area contributed by atoms with Crippen molar-refractivity contribution in [3.8, 4) is 0 Å². The Bertz CT molecular complexity index is 509. The van der Waals surface area contributed by atoms with Gasteiger partial charge in [-0.25, -0.2) is 0 Å². The zero-order valence-electron chi connectivity index (χ0n) is 14.7. The summed E-state index contributed by atoms with van der Waals surface area (Å²) >= 11 is 0. The second kappa shape index (κ2) is 8.60. The van der Waals surface area contributed by atoms with Gasteiger partial charge in [0, 0.05) is 18.7 Å². The van der Waals surface area contributed by atoms with Crippen molar-refractivity contribution in [1.29, 1.82) is 0 Å². The van der Waals surface area contributed by atoms with Gasteiger partial charge in [-0.1, -0.05) is 30.3 Å². The Labute approximate surface area is 145 Å². The van der Waals surface area contributed by atoms with Crippen molar-refractivity contribution >= 4 is 5.91 Å². The molecule has 132 valence electrons. The van der Waals surface area contributed by atoms with Crippen molar-refractivity contribution in [3.05, 3.63) is 35.9 Å². The minimum atomic E-state index is 0.0321. The van der Waals surface area contributed by atoms with Gasteiger partial charge in [-0.05, 0) is 19.8 Å². The molecule has 1 aromatic rings. The zero-order valence-corrected chi connectivity index (χ0v) is 14.7. The summed E-state index contributed by atoms with van der Waals surface area (Å²) < 4.78 is 5.57. The predicted octanol–water partition coefficient (Wildman–Crippen LogP) is -1.35. The van der Waals surface area contributed by atoms with Crippen LogP contribution in [0, 0.1) is 0 Å². The van der Waals surface area contributed by atoms with Crippen molar-refractivity contribution in [3.63, 3.8) is 0 Å². The van der Waals surface area contributed by atoms with Gasteiger partial charge in [-0.3, -0.25) is 4.79 Å². The van der Waals surface area contributed by atoms with Crippen LogP contribution in [-0.2, 0) is 16.1 Å². The average Bonchev–Trinajstić information content (AvgIpc) is 3.14. The molecular weight excluding hydrogens is 302 g/mol. The molecule has 5 heteroatoms. The number of hydrogen-bond acceptors (Lipinski definition) is 2. The summed E-state index contributed by atoms with van der Waals surface area (Å²) in [6.45, 7) is 9.06. The maximum Gasteiger partial charge on any atom is 0.278 e. The summed E-state index contributed by atoms with van der Waals surface area (Å²) in [4.78, 5) is 15.4. The minimum Gasteiger partial charge on any atom is -0.376 e. The van der Waals surface area contributed by atoms with Crippen LogP contribution in [0.25, 0.3) is 0 Å². The van der Waals surface area contributed by atoms with E-state index in [0.29, 0.717) is 6.54 Å². The van der Waals surface area contributed by atoms with Crippen molar-refractivity contribution in [2.45, 2.75) is 38.5 Å². The van der Waals surface area contributed by atoms with Crippen LogP contribution in [0.3, 0.4) is 0 Å². The summed E-state index contributed by atoms with van der Waals surface area (Å²) in [5.41, 5.74) is 1.40. The summed E-state index contributed by atoms with van der Waals surface area (Å²) in [5.74, 6) is 0.173. The molecule has 0 bridgehead atoms. The Hall–Kier alpha value is -1.43. The third-order valence-corrected chi connectivity index (χ3v) is 5.43. The number of carbonyl (C=O) groups excluding carboxylic acids is 1. The molecule has 1 amide bonds. The highest BCUT2D eigenvalue weighted by Crippen LogP contribution is 2.10. The quantitative estimate of drug-likeness (QED) is 0.603. The molecule has 2 saturated heterocycles. The normalized spacial score (nSPS) is 28.5. The molecule has 0 aromatic heterocycles. The number of quaternary nitrogens is 2. The Morgan fingerprint density at radius 1 is 1.25 bits per heavy atom. The van der Waals surface area contributed by atoms with Gasteiger partial charge < -0.3 is 19.9 Å². The molecule has 0 saturated carbocycles. The largest absolute Gasteiger partial charge is 0.376 e. The van der Waals surface area contributed by atoms with Gasteiger partial charge in [-0.2, -0.15) is 0 Å². The number of hydrogen-bond donors (Lipinski definition) is 3. The van der Waals surface area contributed by atoms with E-state index in [1.807, 2.05) is 0 Å². The minimum absolute atomic E-state index is 0.0321. The third-order valence-electron chi connectivity index (χ3n) is 5.43. The Morgan fingerprint density at radius 2 is 2.00 bits per heavy atom. The Kier molecular flexibility index (Phi) is 6.24. The molecule has 2 aliphatic heterocycles. The lowest BCUT2D eigenvalue weighted by atomic mass is 10.1. The molecule has 0 unspecified atom stereocenters. The van der Waals surface area contributed by atoms with E-state index in [-0.39, 0.29) is 18.1 Å². The first-order valence-corrected chi connectivity index (χ1v) is 9.34. The Morgan fingerprint density at radius 3 is 2.67 bits per heavy atom. The molecule has 0 radical (unpaired) electrons. The molecule has 5 nitrogen and oxygen atoms in total. The standard InChI is InChI=1S/C19H29N3O2/c1-16(19(23)20-14-18-8-5-13-24-18)22-11-9-21(10-12-22)15-17-6-3-2-4-7-17/h2-4,6-7,16,18H,5,8-15H2,1H3,(H,20,23)/p+2/t16-,18+/m1/s1. The van der Waals surface area contributed by atoms with Crippen LogP contribution in [0.15, 0.2) is 30.3 Å². The number of ether oxygens (including phenoxy) is 1. The molecular formula is C19H31N3O2+2. The fourth-order valence-electron chi connectivity index (χ4n) is 3.78. The van der Waals surface area contributed by atoms with Crippen LogP contribution in [-0.4, -0.2) is 57.4 Å². The summed E-state index contributed by atoms with van der Waals surface area (Å²) in [6, 6.07) is 10.7. The van der Waals surface area contributed by atoms with Crippen molar-refractivity contribution in [1.82, 2.24) is 5.32 Å². The summed E-state index contributed by atoms with van der Waals surface area (Å²) in [6.07, 6.45) is 2.42. The SMILES string of the molecule is C[C@H](C(=O)NC[C@@H]1CCCO1)[NH+]1CC[NH+](Cc2ccccc2)CC1. The highest BCUT2D eigenvalue weighted by atomic mass is 16.5. The van der Waals surface area contributed by atoms with Crippen LogP contribution < -0.4 is 15.1 Å². The predicted molar refractivity (Wildman–Crippen MR) is 93.0 cm³/mol. The number of nitrogens with one attached hydrogen (secondary N) is 3. The highest BCUT2D eigenvalue weighted by Gasteiger charge is 2.31. The van der Waals surface area contributed by atoms with Crippen LogP contribution in [0.2, 0.25) is 0 Å². The van der Waals surface area contributed by atoms with Crippen LogP contribution in [0.5, 0.6) is 0 Å². The van der Waals surface area contributed by atoms with Gasteiger partial charge in [0.2, 0.25) is 0 Å². The fourth-order valence-corrected chi connectivity index (χ4v) is 3.78. The Balaban J connectivity index is 1.39. The van der Waals surface area contributed by atoms with Crippen LogP contribution >= 0.6 is 0 Å². The lowest BCUT2D eigenvalue weighted by molar-refractivity contribution is -1.02. The number of rotatable bonds is 6. The molecule has 1 aromatic carbocycles. The van der Waals surface area contributed by atoms with Crippen molar-refractivity contribution in [2.24, 2.45) is 0 Å². The number of amides is 1. The van der Waals surface area contributed by atoms with Gasteiger partial charge in [0.05, 0.1) is 6.10 Å². The maximum absolute atomic E-state index is 12.4. The zero-order chi connectivity index (χ0) is 16.8. The fraction of sp³-hybridized carbons (Fsp3) is 0.632. The second-order valence-electron chi connectivity index (χ2n) is 7.17. The van der Waals surface area contributed by atoms with Gasteiger partial charge in [0.15, 0.2) is 6.04 Å². The van der Waals surface area contributed by atoms with Crippen molar-refractivity contribution in [2.75, 3.05) is 39.3 Å². The van der Waals surface area contributed by atoms with E-state index in [1.54, 1.807) is 4.90 Å². The molecule has 2 atom stereocenters. The molecule has 0 spiro atoms. The molecule has 3 N–H and O–H groups in total. The van der Waals surface area contributed by atoms with E-state index in [1.165, 1.54) is 10.5 Å². The lowest BCUT2D eigenvalue weighted by Crippen LogP contribution is -3.29. The lowest BCUT2D eigenvalue weighted by Gasteiger charge is -2.32. The molecule has 0 aliphatic carbocycles. The molecule has 3 rings (SSSR count). The van der Waals surface area contributed by atoms with Crippen molar-refractivity contribution < 1.29 is 19.3 Å². The second-order valence-corrected chi connectivity index (χ2v) is 7.17. The average molecular weight is 333 g/mol. The molecule has 2 fully saturated rings. The van der Waals surface area contributed by atoms with E-state index < -0.39 is 0 Å². The first-order valence-electron chi connectivity index (χ1n) is 9.34.